The monoisotopic (exact) mass is 278 g/mol. The van der Waals surface area contributed by atoms with Crippen LogP contribution in [0.15, 0.2) is 42.7 Å². The number of aromatic nitrogens is 1. The summed E-state index contributed by atoms with van der Waals surface area (Å²) in [4.78, 5) is 4.09. The molecule has 1 aromatic heterocycles. The van der Waals surface area contributed by atoms with Crippen molar-refractivity contribution in [2.24, 2.45) is 0 Å². The minimum absolute atomic E-state index is 0.167. The molecule has 0 aliphatic carbocycles. The lowest BCUT2D eigenvalue weighted by atomic mass is 10.00. The molecule has 0 saturated carbocycles. The quantitative estimate of drug-likeness (QED) is 0.908. The van der Waals surface area contributed by atoms with Crippen LogP contribution in [0.2, 0.25) is 5.02 Å². The van der Waals surface area contributed by atoms with Gasteiger partial charge in [-0.25, -0.2) is 4.39 Å². The standard InChI is InChI=1S/C15H16ClFN2/c1-18-14(7-11-3-2-6-19-10-11)8-12-4-5-13(16)9-15(12)17/h2-6,9-10,14,18H,7-8H2,1H3. The van der Waals surface area contributed by atoms with Gasteiger partial charge >= 0.3 is 0 Å². The van der Waals surface area contributed by atoms with E-state index in [0.717, 1.165) is 12.0 Å². The topological polar surface area (TPSA) is 24.9 Å². The summed E-state index contributed by atoms with van der Waals surface area (Å²) in [6, 6.07) is 8.91. The normalized spacial score (nSPS) is 12.4. The SMILES string of the molecule is CNC(Cc1cccnc1)Cc1ccc(Cl)cc1F. The largest absolute Gasteiger partial charge is 0.316 e. The van der Waals surface area contributed by atoms with Crippen LogP contribution in [0.3, 0.4) is 0 Å². The summed E-state index contributed by atoms with van der Waals surface area (Å²) in [7, 11) is 1.88. The van der Waals surface area contributed by atoms with Crippen molar-refractivity contribution in [3.63, 3.8) is 0 Å². The fourth-order valence-corrected chi connectivity index (χ4v) is 2.19. The van der Waals surface area contributed by atoms with Crippen molar-refractivity contribution in [1.82, 2.24) is 10.3 Å². The van der Waals surface area contributed by atoms with Gasteiger partial charge in [-0.05, 0) is 49.2 Å². The molecular weight excluding hydrogens is 263 g/mol. The molecule has 1 atom stereocenters. The van der Waals surface area contributed by atoms with Gasteiger partial charge in [-0.3, -0.25) is 4.98 Å². The third kappa shape index (κ3) is 4.01. The number of hydrogen-bond donors (Lipinski definition) is 1. The Labute approximate surface area is 117 Å². The second-order valence-electron chi connectivity index (χ2n) is 4.49. The van der Waals surface area contributed by atoms with Crippen LogP contribution in [0.4, 0.5) is 4.39 Å². The van der Waals surface area contributed by atoms with Crippen molar-refractivity contribution in [2.75, 3.05) is 7.05 Å². The Morgan fingerprint density at radius 3 is 2.79 bits per heavy atom. The second kappa shape index (κ2) is 6.64. The number of pyridine rings is 1. The van der Waals surface area contributed by atoms with Crippen LogP contribution in [0.5, 0.6) is 0 Å². The third-order valence-electron chi connectivity index (χ3n) is 3.09. The van der Waals surface area contributed by atoms with Gasteiger partial charge in [0.05, 0.1) is 0 Å². The van der Waals surface area contributed by atoms with Gasteiger partial charge < -0.3 is 5.32 Å². The molecule has 0 fully saturated rings. The number of nitrogens with zero attached hydrogens (tertiary/aromatic N) is 1. The van der Waals surface area contributed by atoms with E-state index in [1.165, 1.54) is 6.07 Å². The maximum absolute atomic E-state index is 13.8. The molecule has 2 rings (SSSR count). The van der Waals surface area contributed by atoms with Gasteiger partial charge in [-0.15, -0.1) is 0 Å². The number of likely N-dealkylation sites (N-methyl/N-ethyl adjacent to an activating group) is 1. The zero-order chi connectivity index (χ0) is 13.7. The van der Waals surface area contributed by atoms with E-state index in [2.05, 4.69) is 10.3 Å². The maximum Gasteiger partial charge on any atom is 0.127 e. The molecule has 0 saturated heterocycles. The highest BCUT2D eigenvalue weighted by molar-refractivity contribution is 6.30. The minimum atomic E-state index is -0.251. The van der Waals surface area contributed by atoms with Crippen LogP contribution in [0, 0.1) is 5.82 Å². The summed E-state index contributed by atoms with van der Waals surface area (Å²) in [5.74, 6) is -0.251. The van der Waals surface area contributed by atoms with Gasteiger partial charge in [0.25, 0.3) is 0 Å². The number of hydrogen-bond acceptors (Lipinski definition) is 2. The molecule has 2 nitrogen and oxygen atoms in total. The summed E-state index contributed by atoms with van der Waals surface area (Å²) in [5, 5.41) is 3.64. The lowest BCUT2D eigenvalue weighted by Crippen LogP contribution is -2.30. The molecule has 0 spiro atoms. The number of benzene rings is 1. The molecule has 1 aromatic carbocycles. The molecule has 0 radical (unpaired) electrons. The van der Waals surface area contributed by atoms with Gasteiger partial charge in [0.1, 0.15) is 5.82 Å². The first-order valence-electron chi connectivity index (χ1n) is 6.19. The van der Waals surface area contributed by atoms with E-state index in [-0.39, 0.29) is 11.9 Å². The van der Waals surface area contributed by atoms with Crippen LogP contribution >= 0.6 is 11.6 Å². The molecule has 1 N–H and O–H groups in total. The maximum atomic E-state index is 13.8. The van der Waals surface area contributed by atoms with E-state index in [9.17, 15) is 4.39 Å². The first kappa shape index (κ1) is 14.0. The molecular formula is C15H16ClFN2. The van der Waals surface area contributed by atoms with Crippen LogP contribution in [-0.4, -0.2) is 18.1 Å². The highest BCUT2D eigenvalue weighted by Gasteiger charge is 2.11. The Hall–Kier alpha value is -1.45. The predicted molar refractivity (Wildman–Crippen MR) is 75.9 cm³/mol. The molecule has 0 bridgehead atoms. The first-order valence-corrected chi connectivity index (χ1v) is 6.57. The average Bonchev–Trinajstić information content (AvgIpc) is 2.42. The molecule has 0 aliphatic rings. The Morgan fingerprint density at radius 1 is 1.32 bits per heavy atom. The van der Waals surface area contributed by atoms with Crippen LogP contribution in [0.25, 0.3) is 0 Å². The molecule has 100 valence electrons. The number of nitrogens with one attached hydrogen (secondary N) is 1. The minimum Gasteiger partial charge on any atom is -0.316 e. The van der Waals surface area contributed by atoms with Crippen LogP contribution < -0.4 is 5.32 Å². The Bertz CT molecular complexity index is 531. The summed E-state index contributed by atoms with van der Waals surface area (Å²) in [6.07, 6.45) is 5.01. The van der Waals surface area contributed by atoms with Gasteiger partial charge in [-0.1, -0.05) is 23.7 Å². The van der Waals surface area contributed by atoms with E-state index in [1.807, 2.05) is 25.4 Å². The number of halogens is 2. The molecule has 4 heteroatoms. The summed E-state index contributed by atoms with van der Waals surface area (Å²) in [5.41, 5.74) is 1.81. The highest BCUT2D eigenvalue weighted by atomic mass is 35.5. The van der Waals surface area contributed by atoms with Crippen molar-refractivity contribution < 1.29 is 4.39 Å². The Balaban J connectivity index is 2.06. The van der Waals surface area contributed by atoms with Crippen LogP contribution in [0.1, 0.15) is 11.1 Å². The van der Waals surface area contributed by atoms with Crippen molar-refractivity contribution in [1.29, 1.82) is 0 Å². The summed E-state index contributed by atoms with van der Waals surface area (Å²) in [6.45, 7) is 0. The third-order valence-corrected chi connectivity index (χ3v) is 3.33. The first-order chi connectivity index (χ1) is 9.19. The molecule has 0 amide bonds. The summed E-state index contributed by atoms with van der Waals surface area (Å²) >= 11 is 5.75. The Kier molecular flexibility index (Phi) is 4.88. The van der Waals surface area contributed by atoms with Crippen molar-refractivity contribution >= 4 is 11.6 Å². The zero-order valence-corrected chi connectivity index (χ0v) is 11.5. The van der Waals surface area contributed by atoms with Crippen molar-refractivity contribution in [3.8, 4) is 0 Å². The van der Waals surface area contributed by atoms with E-state index < -0.39 is 0 Å². The average molecular weight is 279 g/mol. The van der Waals surface area contributed by atoms with Gasteiger partial charge in [0, 0.05) is 23.5 Å². The molecule has 0 aliphatic heterocycles. The fraction of sp³-hybridized carbons (Fsp3) is 0.267. The van der Waals surface area contributed by atoms with Gasteiger partial charge in [0.2, 0.25) is 0 Å². The lowest BCUT2D eigenvalue weighted by molar-refractivity contribution is 0.532. The zero-order valence-electron chi connectivity index (χ0n) is 10.7. The predicted octanol–water partition coefficient (Wildman–Crippen LogP) is 3.25. The van der Waals surface area contributed by atoms with Gasteiger partial charge in [-0.2, -0.15) is 0 Å². The van der Waals surface area contributed by atoms with Gasteiger partial charge in [0.15, 0.2) is 0 Å². The fourth-order valence-electron chi connectivity index (χ4n) is 2.03. The van der Waals surface area contributed by atoms with Crippen LogP contribution in [-0.2, 0) is 12.8 Å². The Morgan fingerprint density at radius 2 is 2.16 bits per heavy atom. The van der Waals surface area contributed by atoms with E-state index in [4.69, 9.17) is 11.6 Å². The van der Waals surface area contributed by atoms with Crippen molar-refractivity contribution in [2.45, 2.75) is 18.9 Å². The van der Waals surface area contributed by atoms with E-state index in [0.29, 0.717) is 17.0 Å². The van der Waals surface area contributed by atoms with E-state index >= 15 is 0 Å². The lowest BCUT2D eigenvalue weighted by Gasteiger charge is -2.16. The molecule has 19 heavy (non-hydrogen) atoms. The van der Waals surface area contributed by atoms with Crippen molar-refractivity contribution in [3.05, 3.63) is 64.7 Å². The summed E-state index contributed by atoms with van der Waals surface area (Å²) < 4.78 is 13.8. The second-order valence-corrected chi connectivity index (χ2v) is 4.93. The molecule has 1 heterocycles. The molecule has 1 unspecified atom stereocenters. The smallest absolute Gasteiger partial charge is 0.127 e. The highest BCUT2D eigenvalue weighted by Crippen LogP contribution is 2.17. The van der Waals surface area contributed by atoms with E-state index in [1.54, 1.807) is 18.3 Å². The molecule has 2 aromatic rings. The number of rotatable bonds is 5.